The van der Waals surface area contributed by atoms with Crippen molar-refractivity contribution < 1.29 is 13.7 Å². The van der Waals surface area contributed by atoms with Gasteiger partial charge < -0.3 is 14.3 Å². The van der Waals surface area contributed by atoms with Gasteiger partial charge in [-0.25, -0.2) is 4.68 Å². The maximum Gasteiger partial charge on any atom is 0.276 e. The van der Waals surface area contributed by atoms with Gasteiger partial charge in [0.1, 0.15) is 5.69 Å². The summed E-state index contributed by atoms with van der Waals surface area (Å²) < 4.78 is 12.7. The number of halogens is 1. The van der Waals surface area contributed by atoms with Crippen molar-refractivity contribution in [3.05, 3.63) is 89.0 Å². The predicted molar refractivity (Wildman–Crippen MR) is 133 cm³/mol. The van der Waals surface area contributed by atoms with Crippen LogP contribution < -0.4 is 5.32 Å². The quantitative estimate of drug-likeness (QED) is 0.292. The van der Waals surface area contributed by atoms with Crippen LogP contribution >= 0.6 is 11.6 Å². The number of aromatic nitrogens is 4. The largest absolute Gasteiger partial charge is 0.463 e. The Labute approximate surface area is 206 Å². The monoisotopic (exact) mass is 487 g/mol. The molecule has 8 nitrogen and oxygen atoms in total. The molecular formula is C26H22ClN5O3. The summed E-state index contributed by atoms with van der Waals surface area (Å²) in [6.45, 7) is 5.87. The first-order chi connectivity index (χ1) is 16.9. The van der Waals surface area contributed by atoms with Gasteiger partial charge in [-0.1, -0.05) is 48.8 Å². The predicted octanol–water partition coefficient (Wildman–Crippen LogP) is 6.52. The summed E-state index contributed by atoms with van der Waals surface area (Å²) in [5.41, 5.74) is 3.59. The molecular weight excluding hydrogens is 466 g/mol. The van der Waals surface area contributed by atoms with E-state index >= 15 is 0 Å². The number of amides is 1. The van der Waals surface area contributed by atoms with Gasteiger partial charge in [0.2, 0.25) is 0 Å². The molecule has 0 radical (unpaired) electrons. The number of carbonyl (C=O) groups is 1. The molecule has 3 aromatic heterocycles. The van der Waals surface area contributed by atoms with Gasteiger partial charge in [-0.15, -0.1) is 0 Å². The number of para-hydroxylation sites is 1. The number of nitrogens with one attached hydrogen (secondary N) is 1. The number of hydrogen-bond donors (Lipinski definition) is 1. The third-order valence-electron chi connectivity index (χ3n) is 5.47. The van der Waals surface area contributed by atoms with Crippen molar-refractivity contribution in [1.29, 1.82) is 0 Å². The molecule has 0 saturated heterocycles. The Morgan fingerprint density at radius 1 is 1.09 bits per heavy atom. The number of anilines is 1. The van der Waals surface area contributed by atoms with Crippen LogP contribution in [0.2, 0.25) is 5.02 Å². The van der Waals surface area contributed by atoms with E-state index in [1.54, 1.807) is 41.3 Å². The maximum absolute atomic E-state index is 13.4. The van der Waals surface area contributed by atoms with Crippen LogP contribution in [0, 0.1) is 6.92 Å². The van der Waals surface area contributed by atoms with Crippen LogP contribution in [0.4, 0.5) is 5.69 Å². The van der Waals surface area contributed by atoms with Crippen molar-refractivity contribution in [1.82, 2.24) is 19.9 Å². The number of benzene rings is 2. The number of carbonyl (C=O) groups excluding carboxylic acids is 1. The minimum atomic E-state index is -0.391. The number of aryl methyl sites for hydroxylation is 1. The van der Waals surface area contributed by atoms with E-state index in [0.717, 1.165) is 5.56 Å². The zero-order valence-electron chi connectivity index (χ0n) is 19.3. The molecule has 0 atom stereocenters. The molecule has 35 heavy (non-hydrogen) atoms. The Bertz CT molecular complexity index is 1500. The van der Waals surface area contributed by atoms with E-state index in [2.05, 4.69) is 20.6 Å². The average Bonchev–Trinajstić information content (AvgIpc) is 3.60. The fourth-order valence-corrected chi connectivity index (χ4v) is 3.85. The second kappa shape index (κ2) is 9.23. The van der Waals surface area contributed by atoms with E-state index in [1.165, 1.54) is 0 Å². The molecule has 1 amide bonds. The van der Waals surface area contributed by atoms with Gasteiger partial charge in [-0.3, -0.25) is 4.79 Å². The smallest absolute Gasteiger partial charge is 0.276 e. The number of nitrogens with zero attached hydrogens (tertiary/aromatic N) is 4. The first-order valence-corrected chi connectivity index (χ1v) is 11.4. The first kappa shape index (κ1) is 22.6. The van der Waals surface area contributed by atoms with Crippen molar-refractivity contribution in [3.8, 4) is 28.6 Å². The SMILES string of the molecule is Cc1cccc(-c2nc(C(C)C)no2)c1NC(=O)c1cc(-c2ccco2)n(-c2cccc(Cl)c2)n1. The van der Waals surface area contributed by atoms with Crippen molar-refractivity contribution >= 4 is 23.2 Å². The Hall–Kier alpha value is -4.17. The van der Waals surface area contributed by atoms with Gasteiger partial charge in [0.15, 0.2) is 17.3 Å². The Kier molecular flexibility index (Phi) is 5.96. The van der Waals surface area contributed by atoms with Gasteiger partial charge in [-0.05, 0) is 48.9 Å². The lowest BCUT2D eigenvalue weighted by molar-refractivity contribution is 0.102. The second-order valence-electron chi connectivity index (χ2n) is 8.35. The lowest BCUT2D eigenvalue weighted by Gasteiger charge is -2.11. The lowest BCUT2D eigenvalue weighted by atomic mass is 10.1. The topological polar surface area (TPSA) is 99.0 Å². The van der Waals surface area contributed by atoms with Crippen LogP contribution in [-0.2, 0) is 0 Å². The highest BCUT2D eigenvalue weighted by Gasteiger charge is 2.22. The Balaban J connectivity index is 1.53. The summed E-state index contributed by atoms with van der Waals surface area (Å²) in [6, 6.07) is 18.1. The third kappa shape index (κ3) is 4.48. The summed E-state index contributed by atoms with van der Waals surface area (Å²) in [7, 11) is 0. The molecule has 0 unspecified atom stereocenters. The van der Waals surface area contributed by atoms with Crippen LogP contribution in [0.25, 0.3) is 28.6 Å². The minimum absolute atomic E-state index is 0.117. The molecule has 176 valence electrons. The molecule has 0 aliphatic heterocycles. The van der Waals surface area contributed by atoms with Crippen molar-refractivity contribution in [2.75, 3.05) is 5.32 Å². The van der Waals surface area contributed by atoms with Crippen LogP contribution in [0.1, 0.15) is 41.6 Å². The van der Waals surface area contributed by atoms with E-state index in [1.807, 2.05) is 51.1 Å². The standard InChI is InChI=1S/C26H22ClN5O3/c1-15(2)24-29-26(35-31-24)19-10-4-7-16(3)23(19)28-25(33)20-14-21(22-11-6-12-34-22)32(30-20)18-9-5-8-17(27)13-18/h4-15H,1-3H3,(H,28,33). The van der Waals surface area contributed by atoms with Crippen LogP contribution in [0.3, 0.4) is 0 Å². The van der Waals surface area contributed by atoms with Gasteiger partial charge >= 0.3 is 0 Å². The van der Waals surface area contributed by atoms with Crippen LogP contribution in [0.5, 0.6) is 0 Å². The highest BCUT2D eigenvalue weighted by Crippen LogP contribution is 2.32. The molecule has 3 heterocycles. The summed E-state index contributed by atoms with van der Waals surface area (Å²) >= 11 is 6.20. The maximum atomic E-state index is 13.4. The van der Waals surface area contributed by atoms with Crippen LogP contribution in [-0.4, -0.2) is 25.8 Å². The first-order valence-electron chi connectivity index (χ1n) is 11.1. The fraction of sp³-hybridized carbons (Fsp3) is 0.154. The minimum Gasteiger partial charge on any atom is -0.463 e. The lowest BCUT2D eigenvalue weighted by Crippen LogP contribution is -2.15. The molecule has 0 saturated carbocycles. The average molecular weight is 488 g/mol. The number of rotatable bonds is 6. The second-order valence-corrected chi connectivity index (χ2v) is 8.78. The van der Waals surface area contributed by atoms with E-state index in [9.17, 15) is 4.79 Å². The van der Waals surface area contributed by atoms with E-state index < -0.39 is 5.91 Å². The summed E-state index contributed by atoms with van der Waals surface area (Å²) in [5.74, 6) is 1.24. The zero-order chi connectivity index (χ0) is 24.5. The number of furan rings is 1. The molecule has 0 aliphatic carbocycles. The molecule has 0 fully saturated rings. The fourth-order valence-electron chi connectivity index (χ4n) is 3.66. The van der Waals surface area contributed by atoms with Crippen molar-refractivity contribution in [2.45, 2.75) is 26.7 Å². The molecule has 2 aromatic carbocycles. The molecule has 0 aliphatic rings. The summed E-state index contributed by atoms with van der Waals surface area (Å²) in [4.78, 5) is 17.9. The normalized spacial score (nSPS) is 11.2. The van der Waals surface area contributed by atoms with Gasteiger partial charge in [-0.2, -0.15) is 10.1 Å². The van der Waals surface area contributed by atoms with E-state index in [0.29, 0.717) is 45.1 Å². The zero-order valence-corrected chi connectivity index (χ0v) is 20.1. The van der Waals surface area contributed by atoms with E-state index in [-0.39, 0.29) is 11.6 Å². The number of hydrogen-bond acceptors (Lipinski definition) is 6. The van der Waals surface area contributed by atoms with E-state index in [4.69, 9.17) is 20.5 Å². The summed E-state index contributed by atoms with van der Waals surface area (Å²) in [5, 5.41) is 12.2. The van der Waals surface area contributed by atoms with Gasteiger partial charge in [0, 0.05) is 17.0 Å². The molecule has 5 rings (SSSR count). The Morgan fingerprint density at radius 2 is 1.91 bits per heavy atom. The molecule has 9 heteroatoms. The van der Waals surface area contributed by atoms with Gasteiger partial charge in [0.05, 0.1) is 23.2 Å². The molecule has 5 aromatic rings. The van der Waals surface area contributed by atoms with Gasteiger partial charge in [0.25, 0.3) is 11.8 Å². The van der Waals surface area contributed by atoms with Crippen molar-refractivity contribution in [3.63, 3.8) is 0 Å². The molecule has 0 bridgehead atoms. The van der Waals surface area contributed by atoms with Crippen LogP contribution in [0.15, 0.2) is 75.9 Å². The Morgan fingerprint density at radius 3 is 2.63 bits per heavy atom. The summed E-state index contributed by atoms with van der Waals surface area (Å²) in [6.07, 6.45) is 1.57. The third-order valence-corrected chi connectivity index (χ3v) is 5.70. The van der Waals surface area contributed by atoms with Crippen molar-refractivity contribution in [2.24, 2.45) is 0 Å². The highest BCUT2D eigenvalue weighted by atomic mass is 35.5. The molecule has 0 spiro atoms. The molecule has 1 N–H and O–H groups in total. The highest BCUT2D eigenvalue weighted by molar-refractivity contribution is 6.30.